The minimum atomic E-state index is -4.82. The van der Waals surface area contributed by atoms with Gasteiger partial charge in [0.1, 0.15) is 9.45 Å². The molecule has 3 aromatic rings. The Kier molecular flexibility index (Phi) is 10.1. The van der Waals surface area contributed by atoms with Crippen LogP contribution in [0.1, 0.15) is 49.9 Å². The Bertz CT molecular complexity index is 1690. The van der Waals surface area contributed by atoms with Gasteiger partial charge in [-0.05, 0) is 83.8 Å². The van der Waals surface area contributed by atoms with E-state index < -0.39 is 68.5 Å². The molecule has 1 aliphatic heterocycles. The number of alkyl halides is 3. The normalized spacial score (nSPS) is 14.2. The van der Waals surface area contributed by atoms with Crippen molar-refractivity contribution in [2.75, 3.05) is 14.1 Å². The molecule has 44 heavy (non-hydrogen) atoms. The summed E-state index contributed by atoms with van der Waals surface area (Å²) in [6.45, 7) is 1.21. The number of nitrogens with zero attached hydrogens (tertiary/aromatic N) is 1. The van der Waals surface area contributed by atoms with E-state index in [0.717, 1.165) is 18.2 Å². The van der Waals surface area contributed by atoms with Crippen LogP contribution in [0.4, 0.5) is 17.6 Å². The first-order valence-corrected chi connectivity index (χ1v) is 15.5. The molecular weight excluding hydrogens is 695 g/mol. The third kappa shape index (κ3) is 7.45. The maximum Gasteiger partial charge on any atom is 0.416 e. The molecule has 1 heterocycles. The Morgan fingerprint density at radius 1 is 0.932 bits per heavy atom. The van der Waals surface area contributed by atoms with Crippen LogP contribution >= 0.6 is 20.7 Å². The fraction of sp³-hybridized carbons (Fsp3) is 0.194. The smallest absolute Gasteiger partial charge is 0.355 e. The highest BCUT2D eigenvalue weighted by Gasteiger charge is 2.34. The molecule has 3 N–H and O–H groups in total. The van der Waals surface area contributed by atoms with Gasteiger partial charge in [-0.25, -0.2) is 4.39 Å². The van der Waals surface area contributed by atoms with Gasteiger partial charge in [-0.15, -0.1) is 0 Å². The number of likely N-dealkylation sites (N-methyl/N-ethyl adjacent to an activating group) is 1. The first kappa shape index (κ1) is 32.7. The molecule has 0 aromatic heterocycles. The number of rotatable bonds is 9. The molecule has 0 bridgehead atoms. The van der Waals surface area contributed by atoms with Crippen molar-refractivity contribution in [3.05, 3.63) is 110 Å². The highest BCUT2D eigenvalue weighted by atomic mass is 127. The van der Waals surface area contributed by atoms with Crippen LogP contribution in [0.5, 0.6) is 0 Å². The van der Waals surface area contributed by atoms with Crippen molar-refractivity contribution in [2.24, 2.45) is 0 Å². The Hall–Kier alpha value is -4.24. The van der Waals surface area contributed by atoms with Gasteiger partial charge in [0.05, 0.1) is 23.8 Å². The molecule has 1 aliphatic rings. The topological polar surface area (TPSA) is 108 Å². The lowest BCUT2D eigenvalue weighted by molar-refractivity contribution is -0.137. The van der Waals surface area contributed by atoms with E-state index in [1.165, 1.54) is 30.1 Å². The number of hydrogen-bond acceptors (Lipinski definition) is 5. The van der Waals surface area contributed by atoms with E-state index in [-0.39, 0.29) is 26.2 Å². The van der Waals surface area contributed by atoms with E-state index in [0.29, 0.717) is 22.9 Å². The molecule has 8 nitrogen and oxygen atoms in total. The van der Waals surface area contributed by atoms with Gasteiger partial charge < -0.3 is 20.9 Å². The number of carbonyl (C=O) groups is 4. The van der Waals surface area contributed by atoms with E-state index >= 15 is 0 Å². The molecule has 0 saturated carbocycles. The molecule has 230 valence electrons. The molecule has 0 fully saturated rings. The van der Waals surface area contributed by atoms with E-state index in [2.05, 4.69) is 16.0 Å². The van der Waals surface area contributed by atoms with Gasteiger partial charge in [0, 0.05) is 23.7 Å². The van der Waals surface area contributed by atoms with Crippen molar-refractivity contribution in [2.45, 2.75) is 25.7 Å². The van der Waals surface area contributed by atoms with Crippen LogP contribution in [-0.2, 0) is 22.3 Å². The van der Waals surface area contributed by atoms with Crippen LogP contribution in [-0.4, -0.2) is 52.2 Å². The second kappa shape index (κ2) is 13.6. The summed E-state index contributed by atoms with van der Waals surface area (Å²) in [5.74, 6) is -2.83. The first-order chi connectivity index (χ1) is 20.8. The summed E-state index contributed by atoms with van der Waals surface area (Å²) < 4.78 is 57.2. The van der Waals surface area contributed by atoms with Gasteiger partial charge in [-0.3, -0.25) is 19.2 Å². The van der Waals surface area contributed by atoms with Crippen LogP contribution in [0.2, 0.25) is 0 Å². The third-order valence-corrected chi connectivity index (χ3v) is 8.98. The lowest BCUT2D eigenvalue weighted by Gasteiger charge is -2.30. The van der Waals surface area contributed by atoms with Gasteiger partial charge in [-0.2, -0.15) is 13.2 Å². The van der Waals surface area contributed by atoms with Crippen molar-refractivity contribution in [1.29, 1.82) is 0 Å². The van der Waals surface area contributed by atoms with Crippen molar-refractivity contribution in [3.63, 3.8) is 0 Å². The summed E-state index contributed by atoms with van der Waals surface area (Å²) in [4.78, 5) is 53.1. The molecule has 3 aromatic carbocycles. The molecule has 0 radical (unpaired) electrons. The quantitative estimate of drug-likeness (QED) is 0.170. The molecular formula is C31H27F4IN4O4. The number of amides is 3. The SMILES string of the molecule is CNC(=O)c1cccc(C2=CI=C(NC(=O)[C@H](C)NC)C(=O)N2Cc2cc(C(=O)c3ccc(F)cc3)cc(C(F)(F)F)c2)c1. The van der Waals surface area contributed by atoms with Crippen LogP contribution in [0.15, 0.2) is 70.8 Å². The minimum Gasteiger partial charge on any atom is -0.355 e. The molecule has 1 atom stereocenters. The first-order valence-electron chi connectivity index (χ1n) is 13.2. The summed E-state index contributed by atoms with van der Waals surface area (Å²) in [6, 6.07) is 13.0. The number of nitrogens with one attached hydrogen (secondary N) is 3. The van der Waals surface area contributed by atoms with E-state index in [9.17, 15) is 36.7 Å². The molecule has 4 rings (SSSR count). The maximum absolute atomic E-state index is 14.0. The summed E-state index contributed by atoms with van der Waals surface area (Å²) >= 11 is -1.19. The Balaban J connectivity index is 1.80. The number of benzene rings is 3. The summed E-state index contributed by atoms with van der Waals surface area (Å²) in [5.41, 5.74) is -0.329. The molecule has 13 heteroatoms. The molecule has 3 amide bonds. The van der Waals surface area contributed by atoms with Crippen molar-refractivity contribution >= 4 is 53.6 Å². The average molecular weight is 722 g/mol. The highest BCUT2D eigenvalue weighted by Crippen LogP contribution is 2.34. The van der Waals surface area contributed by atoms with Crippen molar-refractivity contribution in [3.8, 4) is 0 Å². The zero-order chi connectivity index (χ0) is 32.2. The van der Waals surface area contributed by atoms with Gasteiger partial charge in [0.15, 0.2) is 5.78 Å². The number of halogens is 5. The van der Waals surface area contributed by atoms with Gasteiger partial charge in [0.2, 0.25) is 5.91 Å². The fourth-order valence-corrected chi connectivity index (χ4v) is 6.52. The molecule has 0 saturated heterocycles. The molecule has 0 aliphatic carbocycles. The number of hydrogen-bond donors (Lipinski definition) is 3. The van der Waals surface area contributed by atoms with Crippen LogP contribution in [0, 0.1) is 5.82 Å². The third-order valence-electron chi connectivity index (χ3n) is 6.73. The zero-order valence-electron chi connectivity index (χ0n) is 23.7. The Morgan fingerprint density at radius 2 is 1.64 bits per heavy atom. The van der Waals surface area contributed by atoms with Gasteiger partial charge in [-0.1, -0.05) is 32.9 Å². The lowest BCUT2D eigenvalue weighted by atomic mass is 9.97. The second-order valence-corrected chi connectivity index (χ2v) is 12.0. The zero-order valence-corrected chi connectivity index (χ0v) is 25.8. The highest BCUT2D eigenvalue weighted by molar-refractivity contribution is 14.2. The van der Waals surface area contributed by atoms with Crippen LogP contribution in [0.3, 0.4) is 0 Å². The van der Waals surface area contributed by atoms with Crippen molar-refractivity contribution < 1.29 is 36.7 Å². The van der Waals surface area contributed by atoms with Crippen LogP contribution in [0.25, 0.3) is 5.70 Å². The van der Waals surface area contributed by atoms with E-state index in [4.69, 9.17) is 0 Å². The largest absolute Gasteiger partial charge is 0.416 e. The van der Waals surface area contributed by atoms with Gasteiger partial charge >= 0.3 is 6.18 Å². The maximum atomic E-state index is 14.0. The second-order valence-electron chi connectivity index (χ2n) is 9.72. The minimum absolute atomic E-state index is 0.0126. The van der Waals surface area contributed by atoms with Crippen molar-refractivity contribution in [1.82, 2.24) is 20.9 Å². The van der Waals surface area contributed by atoms with Gasteiger partial charge in [0.25, 0.3) is 11.8 Å². The Labute approximate surface area is 260 Å². The fourth-order valence-electron chi connectivity index (χ4n) is 4.24. The predicted octanol–water partition coefficient (Wildman–Crippen LogP) is 4.60. The van der Waals surface area contributed by atoms with E-state index in [1.807, 2.05) is 0 Å². The average Bonchev–Trinajstić information content (AvgIpc) is 3.01. The number of ketones is 1. The molecule has 0 unspecified atom stereocenters. The lowest BCUT2D eigenvalue weighted by Crippen LogP contribution is -2.49. The standard InChI is InChI=1S/C31H27F4IN4O4/c1-17(37-2)28(42)39-27-30(44)40(25(15-36-27)20-5-4-6-21(13-20)29(43)38-3)16-18-11-22(14-23(12-18)31(33,34)35)26(41)19-7-9-24(32)10-8-19/h4-15,17,37H,16H2,1-3H3,(H,38,43)(H,39,42)/t17-/m0/s1. The summed E-state index contributed by atoms with van der Waals surface area (Å²) in [5, 5.41) is 7.94. The monoisotopic (exact) mass is 722 g/mol. The predicted molar refractivity (Wildman–Crippen MR) is 165 cm³/mol. The van der Waals surface area contributed by atoms with E-state index in [1.54, 1.807) is 42.3 Å². The Morgan fingerprint density at radius 3 is 2.27 bits per heavy atom. The summed E-state index contributed by atoms with van der Waals surface area (Å²) in [6.07, 6.45) is -4.82. The van der Waals surface area contributed by atoms with Crippen LogP contribution < -0.4 is 16.0 Å². The molecule has 0 spiro atoms. The number of carbonyl (C=O) groups excluding carboxylic acids is 4. The summed E-state index contributed by atoms with van der Waals surface area (Å²) in [7, 11) is 3.04.